The first-order chi connectivity index (χ1) is 13.5. The van der Waals surface area contributed by atoms with Crippen molar-refractivity contribution in [3.05, 3.63) is 11.9 Å². The summed E-state index contributed by atoms with van der Waals surface area (Å²) in [6.07, 6.45) is 12.2. The van der Waals surface area contributed by atoms with Crippen molar-refractivity contribution >= 4 is 9.84 Å². The van der Waals surface area contributed by atoms with Crippen LogP contribution in [0.5, 0.6) is 0 Å². The van der Waals surface area contributed by atoms with Gasteiger partial charge in [0.15, 0.2) is 0 Å². The fourth-order valence-corrected chi connectivity index (χ4v) is 6.78. The van der Waals surface area contributed by atoms with Gasteiger partial charge < -0.3 is 9.67 Å². The lowest BCUT2D eigenvalue weighted by atomic mass is 9.89. The number of piperidine rings is 1. The summed E-state index contributed by atoms with van der Waals surface area (Å²) < 4.78 is 28.1. The van der Waals surface area contributed by atoms with Gasteiger partial charge in [0.05, 0.1) is 17.6 Å². The monoisotopic (exact) mass is 409 g/mol. The fourth-order valence-electron chi connectivity index (χ4n) is 4.93. The number of hydrogen-bond acceptors (Lipinski definition) is 5. The number of aliphatic hydroxyl groups excluding tert-OH is 1. The lowest BCUT2D eigenvalue weighted by Gasteiger charge is -2.32. The lowest BCUT2D eigenvalue weighted by Crippen LogP contribution is -2.37. The molecule has 0 aromatic carbocycles. The van der Waals surface area contributed by atoms with Crippen molar-refractivity contribution in [1.29, 1.82) is 0 Å². The van der Waals surface area contributed by atoms with Crippen molar-refractivity contribution in [2.75, 3.05) is 25.4 Å². The average molecular weight is 410 g/mol. The van der Waals surface area contributed by atoms with Gasteiger partial charge in [-0.25, -0.2) is 13.4 Å². The Bertz CT molecular complexity index is 751. The van der Waals surface area contributed by atoms with Crippen LogP contribution in [-0.4, -0.2) is 53.4 Å². The summed E-state index contributed by atoms with van der Waals surface area (Å²) in [5.74, 6) is 1.48. The van der Waals surface area contributed by atoms with Crippen LogP contribution in [0.3, 0.4) is 0 Å². The molecule has 0 spiro atoms. The van der Waals surface area contributed by atoms with E-state index in [4.69, 9.17) is 0 Å². The molecule has 1 atom stereocenters. The number of likely N-dealkylation sites (tertiary alicyclic amines) is 1. The minimum absolute atomic E-state index is 0.235. The average Bonchev–Trinajstić information content (AvgIpc) is 3.41. The summed E-state index contributed by atoms with van der Waals surface area (Å²) in [7, 11) is -3.32. The third-order valence-electron chi connectivity index (χ3n) is 6.74. The highest BCUT2D eigenvalue weighted by atomic mass is 32.2. The maximum absolute atomic E-state index is 13.0. The molecular weight excluding hydrogens is 374 g/mol. The maximum atomic E-state index is 13.0. The first-order valence-corrected chi connectivity index (χ1v) is 12.8. The highest BCUT2D eigenvalue weighted by Gasteiger charge is 2.33. The SMILES string of the molecule is O=S(=O)(CC1CC1)c1ncc(CN2CCC[C@H](CO)C2)n1CC1CCCCC1. The topological polar surface area (TPSA) is 75.4 Å². The largest absolute Gasteiger partial charge is 0.396 e. The van der Waals surface area contributed by atoms with E-state index in [0.717, 1.165) is 57.6 Å². The molecule has 158 valence electrons. The number of nitrogens with zero attached hydrogens (tertiary/aromatic N) is 3. The van der Waals surface area contributed by atoms with Crippen LogP contribution < -0.4 is 0 Å². The van der Waals surface area contributed by atoms with E-state index in [1.807, 2.05) is 4.57 Å². The summed E-state index contributed by atoms with van der Waals surface area (Å²) in [6, 6.07) is 0. The van der Waals surface area contributed by atoms with Gasteiger partial charge in [-0.1, -0.05) is 19.3 Å². The van der Waals surface area contributed by atoms with E-state index < -0.39 is 9.84 Å². The first-order valence-electron chi connectivity index (χ1n) is 11.2. The molecule has 1 N–H and O–H groups in total. The predicted octanol–water partition coefficient (Wildman–Crippen LogP) is 2.85. The maximum Gasteiger partial charge on any atom is 0.227 e. The van der Waals surface area contributed by atoms with E-state index in [-0.39, 0.29) is 12.4 Å². The van der Waals surface area contributed by atoms with Crippen LogP contribution in [0.1, 0.15) is 63.5 Å². The Morgan fingerprint density at radius 2 is 1.75 bits per heavy atom. The Labute approximate surface area is 169 Å². The minimum Gasteiger partial charge on any atom is -0.396 e. The highest BCUT2D eigenvalue weighted by Crippen LogP contribution is 2.33. The Kier molecular flexibility index (Phi) is 6.43. The van der Waals surface area contributed by atoms with Crippen LogP contribution in [0.25, 0.3) is 0 Å². The van der Waals surface area contributed by atoms with Gasteiger partial charge in [-0.05, 0) is 62.8 Å². The molecule has 2 heterocycles. The molecule has 1 aromatic heterocycles. The molecule has 1 aliphatic heterocycles. The zero-order valence-corrected chi connectivity index (χ0v) is 17.7. The molecule has 28 heavy (non-hydrogen) atoms. The molecule has 2 aliphatic carbocycles. The van der Waals surface area contributed by atoms with Gasteiger partial charge in [-0.2, -0.15) is 0 Å². The van der Waals surface area contributed by atoms with Gasteiger partial charge in [0.25, 0.3) is 0 Å². The van der Waals surface area contributed by atoms with Crippen molar-refractivity contribution in [2.24, 2.45) is 17.8 Å². The summed E-state index contributed by atoms with van der Waals surface area (Å²) >= 11 is 0. The number of rotatable bonds is 8. The molecule has 7 heteroatoms. The molecule has 0 unspecified atom stereocenters. The molecular formula is C21H35N3O3S. The van der Waals surface area contributed by atoms with Gasteiger partial charge in [-0.15, -0.1) is 0 Å². The molecule has 2 saturated carbocycles. The second kappa shape index (κ2) is 8.84. The van der Waals surface area contributed by atoms with E-state index >= 15 is 0 Å². The van der Waals surface area contributed by atoms with Crippen molar-refractivity contribution in [3.63, 3.8) is 0 Å². The van der Waals surface area contributed by atoms with E-state index in [2.05, 4.69) is 9.88 Å². The fraction of sp³-hybridized carbons (Fsp3) is 0.857. The molecule has 4 rings (SSSR count). The van der Waals surface area contributed by atoms with E-state index in [1.54, 1.807) is 6.20 Å². The zero-order valence-electron chi connectivity index (χ0n) is 16.9. The smallest absolute Gasteiger partial charge is 0.227 e. The first kappa shape index (κ1) is 20.4. The number of aromatic nitrogens is 2. The summed E-state index contributed by atoms with van der Waals surface area (Å²) in [4.78, 5) is 6.79. The standard InChI is InChI=1S/C21H35N3O3S/c25-15-19-7-4-10-23(12-19)14-20-11-22-21(28(26,27)16-18-8-9-18)24(20)13-17-5-2-1-3-6-17/h11,17-19,25H,1-10,12-16H2/t19-/m0/s1. The van der Waals surface area contributed by atoms with E-state index in [0.29, 0.717) is 22.9 Å². The van der Waals surface area contributed by atoms with Crippen LogP contribution in [0.4, 0.5) is 0 Å². The Balaban J connectivity index is 1.55. The van der Waals surface area contributed by atoms with E-state index in [1.165, 1.54) is 32.1 Å². The van der Waals surface area contributed by atoms with Crippen molar-refractivity contribution < 1.29 is 13.5 Å². The molecule has 1 saturated heterocycles. The van der Waals surface area contributed by atoms with Crippen molar-refractivity contribution in [2.45, 2.75) is 76.0 Å². The Hall–Kier alpha value is -0.920. The molecule has 0 amide bonds. The van der Waals surface area contributed by atoms with Crippen molar-refractivity contribution in [1.82, 2.24) is 14.5 Å². The zero-order chi connectivity index (χ0) is 19.6. The number of sulfone groups is 1. The van der Waals surface area contributed by atoms with Crippen LogP contribution in [0.2, 0.25) is 0 Å². The summed E-state index contributed by atoms with van der Waals surface area (Å²) in [6.45, 7) is 3.64. The lowest BCUT2D eigenvalue weighted by molar-refractivity contribution is 0.113. The second-order valence-electron chi connectivity index (χ2n) is 9.30. The van der Waals surface area contributed by atoms with Crippen LogP contribution in [0, 0.1) is 17.8 Å². The molecule has 3 fully saturated rings. The quantitative estimate of drug-likeness (QED) is 0.714. The number of hydrogen-bond donors (Lipinski definition) is 1. The van der Waals surface area contributed by atoms with Crippen LogP contribution in [-0.2, 0) is 22.9 Å². The summed E-state index contributed by atoms with van der Waals surface area (Å²) in [5.41, 5.74) is 1.03. The molecule has 1 aromatic rings. The van der Waals surface area contributed by atoms with Gasteiger partial charge in [0.1, 0.15) is 0 Å². The van der Waals surface area contributed by atoms with E-state index in [9.17, 15) is 13.5 Å². The van der Waals surface area contributed by atoms with Gasteiger partial charge in [0.2, 0.25) is 15.0 Å². The summed E-state index contributed by atoms with van der Waals surface area (Å²) in [5, 5.41) is 9.82. The molecule has 3 aliphatic rings. The molecule has 0 radical (unpaired) electrons. The Morgan fingerprint density at radius 3 is 2.46 bits per heavy atom. The minimum atomic E-state index is -3.32. The number of imidazole rings is 1. The van der Waals surface area contributed by atoms with Crippen LogP contribution >= 0.6 is 0 Å². The molecule has 6 nitrogen and oxygen atoms in total. The normalized spacial score (nSPS) is 25.2. The predicted molar refractivity (Wildman–Crippen MR) is 109 cm³/mol. The number of aliphatic hydroxyl groups is 1. The van der Waals surface area contributed by atoms with Gasteiger partial charge in [-0.3, -0.25) is 4.90 Å². The van der Waals surface area contributed by atoms with Gasteiger partial charge in [0, 0.05) is 26.2 Å². The van der Waals surface area contributed by atoms with Crippen molar-refractivity contribution in [3.8, 4) is 0 Å². The highest BCUT2D eigenvalue weighted by molar-refractivity contribution is 7.91. The molecule has 0 bridgehead atoms. The van der Waals surface area contributed by atoms with Gasteiger partial charge >= 0.3 is 0 Å². The van der Waals surface area contributed by atoms with Crippen LogP contribution in [0.15, 0.2) is 11.4 Å². The third kappa shape index (κ3) is 4.97. The second-order valence-corrected chi connectivity index (χ2v) is 11.2. The Morgan fingerprint density at radius 1 is 1.00 bits per heavy atom. The third-order valence-corrected chi connectivity index (χ3v) is 8.54.